The number of hydrogen-bond acceptors (Lipinski definition) is 5. The van der Waals surface area contributed by atoms with Crippen molar-refractivity contribution in [3.63, 3.8) is 0 Å². The average molecular weight is 363 g/mol. The van der Waals surface area contributed by atoms with Gasteiger partial charge >= 0.3 is 0 Å². The molecule has 1 aliphatic rings. The van der Waals surface area contributed by atoms with Crippen molar-refractivity contribution in [1.29, 1.82) is 0 Å². The monoisotopic (exact) mass is 363 g/mol. The van der Waals surface area contributed by atoms with Crippen molar-refractivity contribution >= 4 is 28.8 Å². The molecule has 136 valence electrons. The minimum absolute atomic E-state index is 0.207. The Labute approximate surface area is 154 Å². The van der Waals surface area contributed by atoms with Crippen molar-refractivity contribution in [3.8, 4) is 11.5 Å². The van der Waals surface area contributed by atoms with Gasteiger partial charge in [0.2, 0.25) is 17.7 Å². The van der Waals surface area contributed by atoms with Crippen LogP contribution in [0.3, 0.4) is 0 Å². The zero-order valence-corrected chi connectivity index (χ0v) is 14.6. The molecule has 2 N–H and O–H groups in total. The van der Waals surface area contributed by atoms with E-state index >= 15 is 0 Å². The van der Waals surface area contributed by atoms with Crippen LogP contribution in [-0.4, -0.2) is 28.7 Å². The molecular weight excluding hydrogens is 346 g/mol. The van der Waals surface area contributed by atoms with E-state index in [1.807, 2.05) is 31.2 Å². The molecule has 1 saturated heterocycles. The van der Waals surface area contributed by atoms with E-state index in [4.69, 9.17) is 4.42 Å². The molecule has 1 aliphatic heterocycles. The van der Waals surface area contributed by atoms with Gasteiger partial charge in [0.25, 0.3) is 5.91 Å². The zero-order valence-electron chi connectivity index (χ0n) is 14.6. The number of amides is 3. The van der Waals surface area contributed by atoms with Crippen LogP contribution in [0.1, 0.15) is 28.8 Å². The Balaban J connectivity index is 1.56. The highest BCUT2D eigenvalue weighted by Gasteiger charge is 2.28. The first-order valence-corrected chi connectivity index (χ1v) is 8.62. The lowest BCUT2D eigenvalue weighted by molar-refractivity contribution is -0.134. The van der Waals surface area contributed by atoms with Crippen LogP contribution in [0.4, 0.5) is 0 Å². The third-order valence-corrected chi connectivity index (χ3v) is 4.49. The van der Waals surface area contributed by atoms with E-state index in [0.29, 0.717) is 29.0 Å². The predicted molar refractivity (Wildman–Crippen MR) is 97.8 cm³/mol. The Morgan fingerprint density at radius 2 is 1.96 bits per heavy atom. The van der Waals surface area contributed by atoms with Gasteiger partial charge in [-0.25, -0.2) is 4.98 Å². The van der Waals surface area contributed by atoms with Crippen molar-refractivity contribution < 1.29 is 18.8 Å². The number of hydrogen-bond donors (Lipinski definition) is 2. The van der Waals surface area contributed by atoms with Crippen LogP contribution >= 0.6 is 0 Å². The number of rotatable bonds is 3. The average Bonchev–Trinajstić information content (AvgIpc) is 3.07. The summed E-state index contributed by atoms with van der Waals surface area (Å²) in [5.74, 6) is -0.721. The van der Waals surface area contributed by atoms with Gasteiger partial charge in [-0.05, 0) is 43.7 Å². The molecule has 7 nitrogen and oxygen atoms in total. The predicted octanol–water partition coefficient (Wildman–Crippen LogP) is 2.34. The molecule has 0 radical (unpaired) electrons. The third kappa shape index (κ3) is 3.44. The second-order valence-corrected chi connectivity index (χ2v) is 6.54. The molecule has 1 aromatic heterocycles. The SMILES string of the molecule is Cc1ccc(-c2nc3cc(C(=O)NC4CCC(=O)NC4=O)ccc3o2)cc1. The van der Waals surface area contributed by atoms with Crippen LogP contribution in [0.2, 0.25) is 0 Å². The summed E-state index contributed by atoms with van der Waals surface area (Å²) in [5, 5.41) is 4.87. The van der Waals surface area contributed by atoms with Gasteiger partial charge in [-0.2, -0.15) is 0 Å². The second-order valence-electron chi connectivity index (χ2n) is 6.54. The van der Waals surface area contributed by atoms with E-state index < -0.39 is 17.9 Å². The smallest absolute Gasteiger partial charge is 0.252 e. The normalized spacial score (nSPS) is 17.0. The lowest BCUT2D eigenvalue weighted by Crippen LogP contribution is -2.52. The number of nitrogens with zero attached hydrogens (tertiary/aromatic N) is 1. The summed E-state index contributed by atoms with van der Waals surface area (Å²) in [6.07, 6.45) is 0.499. The summed E-state index contributed by atoms with van der Waals surface area (Å²) in [7, 11) is 0. The van der Waals surface area contributed by atoms with Crippen molar-refractivity contribution in [2.24, 2.45) is 0 Å². The maximum absolute atomic E-state index is 12.5. The lowest BCUT2D eigenvalue weighted by Gasteiger charge is -2.21. The molecule has 0 saturated carbocycles. The van der Waals surface area contributed by atoms with E-state index in [2.05, 4.69) is 15.6 Å². The lowest BCUT2D eigenvalue weighted by atomic mass is 10.1. The van der Waals surface area contributed by atoms with Gasteiger partial charge < -0.3 is 9.73 Å². The first-order chi connectivity index (χ1) is 13.0. The van der Waals surface area contributed by atoms with Crippen LogP contribution in [0, 0.1) is 6.92 Å². The van der Waals surface area contributed by atoms with Gasteiger partial charge in [-0.15, -0.1) is 0 Å². The van der Waals surface area contributed by atoms with Gasteiger partial charge in [0.15, 0.2) is 5.58 Å². The second kappa shape index (κ2) is 6.68. The molecule has 0 aliphatic carbocycles. The Bertz CT molecular complexity index is 1050. The van der Waals surface area contributed by atoms with E-state index in [-0.39, 0.29) is 12.3 Å². The first kappa shape index (κ1) is 17.0. The molecule has 1 atom stereocenters. The fourth-order valence-corrected chi connectivity index (χ4v) is 2.96. The summed E-state index contributed by atoms with van der Waals surface area (Å²) >= 11 is 0. The number of carbonyl (C=O) groups is 3. The highest BCUT2D eigenvalue weighted by Crippen LogP contribution is 2.25. The van der Waals surface area contributed by atoms with Gasteiger partial charge in [-0.3, -0.25) is 19.7 Å². The molecule has 1 unspecified atom stereocenters. The summed E-state index contributed by atoms with van der Waals surface area (Å²) in [4.78, 5) is 39.9. The Kier molecular flexibility index (Phi) is 4.19. The Morgan fingerprint density at radius 1 is 1.19 bits per heavy atom. The van der Waals surface area contributed by atoms with Gasteiger partial charge in [0, 0.05) is 17.5 Å². The topological polar surface area (TPSA) is 101 Å². The van der Waals surface area contributed by atoms with Crippen LogP contribution in [0.25, 0.3) is 22.6 Å². The number of nitrogens with one attached hydrogen (secondary N) is 2. The molecule has 4 rings (SSSR count). The summed E-state index contributed by atoms with van der Waals surface area (Å²) in [5.41, 5.74) is 3.49. The molecule has 2 heterocycles. The van der Waals surface area contributed by atoms with Crippen LogP contribution in [-0.2, 0) is 9.59 Å². The minimum atomic E-state index is -0.716. The van der Waals surface area contributed by atoms with Crippen LogP contribution in [0.5, 0.6) is 0 Å². The molecule has 1 fully saturated rings. The molecule has 2 aromatic carbocycles. The van der Waals surface area contributed by atoms with E-state index in [0.717, 1.165) is 11.1 Å². The summed E-state index contributed by atoms with van der Waals surface area (Å²) in [6, 6.07) is 12.0. The van der Waals surface area contributed by atoms with Gasteiger partial charge in [0.1, 0.15) is 11.6 Å². The van der Waals surface area contributed by atoms with E-state index in [9.17, 15) is 14.4 Å². The molecule has 3 amide bonds. The molecule has 7 heteroatoms. The summed E-state index contributed by atoms with van der Waals surface area (Å²) < 4.78 is 5.76. The standard InChI is InChI=1S/C20H17N3O4/c1-11-2-4-12(5-3-11)20-22-15-10-13(6-8-16(15)27-20)18(25)21-14-7-9-17(24)23-19(14)26/h2-6,8,10,14H,7,9H2,1H3,(H,21,25)(H,23,24,26). The molecule has 27 heavy (non-hydrogen) atoms. The molecule has 0 bridgehead atoms. The first-order valence-electron chi connectivity index (χ1n) is 8.62. The number of benzene rings is 2. The largest absolute Gasteiger partial charge is 0.436 e. The van der Waals surface area contributed by atoms with Crippen molar-refractivity contribution in [2.75, 3.05) is 0 Å². The summed E-state index contributed by atoms with van der Waals surface area (Å²) in [6.45, 7) is 2.00. The van der Waals surface area contributed by atoms with Gasteiger partial charge in [-0.1, -0.05) is 17.7 Å². The van der Waals surface area contributed by atoms with E-state index in [1.165, 1.54) is 0 Å². The highest BCUT2D eigenvalue weighted by molar-refractivity contribution is 6.04. The highest BCUT2D eigenvalue weighted by atomic mass is 16.3. The minimum Gasteiger partial charge on any atom is -0.436 e. The third-order valence-electron chi connectivity index (χ3n) is 4.49. The fraction of sp³-hybridized carbons (Fsp3) is 0.200. The number of carbonyl (C=O) groups excluding carboxylic acids is 3. The fourth-order valence-electron chi connectivity index (χ4n) is 2.96. The maximum atomic E-state index is 12.5. The number of fused-ring (bicyclic) bond motifs is 1. The Morgan fingerprint density at radius 3 is 2.70 bits per heavy atom. The number of piperidine rings is 1. The van der Waals surface area contributed by atoms with Crippen molar-refractivity contribution in [3.05, 3.63) is 53.6 Å². The van der Waals surface area contributed by atoms with Gasteiger partial charge in [0.05, 0.1) is 0 Å². The van der Waals surface area contributed by atoms with E-state index in [1.54, 1.807) is 18.2 Å². The van der Waals surface area contributed by atoms with Crippen LogP contribution < -0.4 is 10.6 Å². The molecule has 0 spiro atoms. The molecule has 3 aromatic rings. The number of aromatic nitrogens is 1. The van der Waals surface area contributed by atoms with Crippen molar-refractivity contribution in [2.45, 2.75) is 25.8 Å². The van der Waals surface area contributed by atoms with Crippen LogP contribution in [0.15, 0.2) is 46.9 Å². The van der Waals surface area contributed by atoms with Crippen molar-refractivity contribution in [1.82, 2.24) is 15.6 Å². The number of imide groups is 1. The maximum Gasteiger partial charge on any atom is 0.252 e. The molecular formula is C20H17N3O4. The Hall–Kier alpha value is -3.48. The zero-order chi connectivity index (χ0) is 19.0. The number of oxazole rings is 1. The number of aryl methyl sites for hydroxylation is 1. The quantitative estimate of drug-likeness (QED) is 0.696.